The molecule has 1 aliphatic rings. The van der Waals surface area contributed by atoms with Crippen LogP contribution < -0.4 is 0 Å². The highest BCUT2D eigenvalue weighted by atomic mass is 35.6. The van der Waals surface area contributed by atoms with Gasteiger partial charge in [0.05, 0.1) is 0 Å². The molecule has 0 bridgehead atoms. The minimum absolute atomic E-state index is 0.0167. The molecule has 0 aliphatic carbocycles. The Labute approximate surface area is 112 Å². The van der Waals surface area contributed by atoms with E-state index in [1.54, 1.807) is 0 Å². The molecule has 92 valence electrons. The Kier molecular flexibility index (Phi) is 5.25. The van der Waals surface area contributed by atoms with E-state index in [1.165, 1.54) is 0 Å². The van der Waals surface area contributed by atoms with Crippen LogP contribution in [-0.4, -0.2) is 22.3 Å². The first-order chi connectivity index (χ1) is 7.38. The van der Waals surface area contributed by atoms with Crippen molar-refractivity contribution in [2.75, 3.05) is 0 Å². The molecule has 0 aromatic heterocycles. The molecule has 9 heteroatoms. The third-order valence-corrected chi connectivity index (χ3v) is 6.23. The molecule has 1 aliphatic heterocycles. The summed E-state index contributed by atoms with van der Waals surface area (Å²) < 4.78 is 20.4. The topological polar surface area (TPSA) is 58.9 Å². The van der Waals surface area contributed by atoms with Gasteiger partial charge in [-0.2, -0.15) is 8.42 Å². The maximum atomic E-state index is 11.1. The van der Waals surface area contributed by atoms with Crippen LogP contribution in [0.4, 0.5) is 0 Å². The molecule has 0 aromatic rings. The third kappa shape index (κ3) is 3.43. The summed E-state index contributed by atoms with van der Waals surface area (Å²) in [6, 6.07) is 0. The number of hydrogen-bond donors (Lipinski definition) is 0. The molecule has 1 unspecified atom stereocenters. The Morgan fingerprint density at radius 1 is 1.31 bits per heavy atom. The first-order valence-corrected chi connectivity index (χ1v) is 8.38. The van der Waals surface area contributed by atoms with Crippen LogP contribution in [0.1, 0.15) is 26.2 Å². The van der Waals surface area contributed by atoms with Crippen LogP contribution in [0.2, 0.25) is 0 Å². The lowest BCUT2D eigenvalue weighted by Gasteiger charge is -2.10. The average molecular weight is 324 g/mol. The van der Waals surface area contributed by atoms with E-state index in [1.807, 2.05) is 6.92 Å². The van der Waals surface area contributed by atoms with Crippen LogP contribution in [0.3, 0.4) is 0 Å². The zero-order valence-electron chi connectivity index (χ0n) is 8.28. The highest BCUT2D eigenvalue weighted by Crippen LogP contribution is 2.32. The van der Waals surface area contributed by atoms with Crippen LogP contribution in [0.25, 0.3) is 0 Å². The van der Waals surface area contributed by atoms with Crippen molar-refractivity contribution in [1.82, 2.24) is 0 Å². The Bertz CT molecular complexity index is 468. The molecule has 0 amide bonds. The molecular formula is C7H9Cl3N2O2S2. The van der Waals surface area contributed by atoms with Crippen LogP contribution >= 0.6 is 34.8 Å². The van der Waals surface area contributed by atoms with E-state index in [9.17, 15) is 8.42 Å². The van der Waals surface area contributed by atoms with Gasteiger partial charge in [0, 0.05) is 9.45 Å². The zero-order valence-corrected chi connectivity index (χ0v) is 12.2. The normalized spacial score (nSPS) is 20.6. The van der Waals surface area contributed by atoms with Gasteiger partial charge in [0.2, 0.25) is 3.79 Å². The molecule has 1 heterocycles. The smallest absolute Gasteiger partial charge is 0.177 e. The molecule has 1 rings (SSSR count). The first-order valence-electron chi connectivity index (χ1n) is 4.43. The van der Waals surface area contributed by atoms with Gasteiger partial charge in [0.1, 0.15) is 5.04 Å². The third-order valence-electron chi connectivity index (χ3n) is 1.76. The molecule has 0 spiro atoms. The number of rotatable bonds is 3. The van der Waals surface area contributed by atoms with E-state index >= 15 is 0 Å². The molecule has 16 heavy (non-hydrogen) atoms. The second-order valence-corrected chi connectivity index (χ2v) is 8.87. The molecule has 0 radical (unpaired) electrons. The molecule has 0 N–H and O–H groups in total. The van der Waals surface area contributed by atoms with Crippen molar-refractivity contribution in [2.45, 2.75) is 30.0 Å². The van der Waals surface area contributed by atoms with Gasteiger partial charge in [0.15, 0.2) is 5.04 Å². The summed E-state index contributed by atoms with van der Waals surface area (Å²) >= 11 is 16.9. The van der Waals surface area contributed by atoms with Gasteiger partial charge in [-0.1, -0.05) is 48.1 Å². The van der Waals surface area contributed by atoms with Gasteiger partial charge in [-0.3, -0.25) is 0 Å². The highest BCUT2D eigenvalue weighted by Gasteiger charge is 2.37. The molecule has 0 saturated carbocycles. The zero-order chi connectivity index (χ0) is 12.3. The molecule has 0 fully saturated rings. The summed E-state index contributed by atoms with van der Waals surface area (Å²) in [7, 11) is -3.69. The van der Waals surface area contributed by atoms with E-state index in [4.69, 9.17) is 34.8 Å². The van der Waals surface area contributed by atoms with E-state index in [2.05, 4.69) is 10.2 Å². The van der Waals surface area contributed by atoms with Crippen molar-refractivity contribution in [2.24, 2.45) is 10.2 Å². The predicted octanol–water partition coefficient (Wildman–Crippen LogP) is 2.68. The predicted molar refractivity (Wildman–Crippen MR) is 71.0 cm³/mol. The minimum atomic E-state index is -2.39. The second-order valence-electron chi connectivity index (χ2n) is 2.97. The fraction of sp³-hybridized carbons (Fsp3) is 0.714. The average Bonchev–Trinajstić information content (AvgIpc) is 2.57. The van der Waals surface area contributed by atoms with Crippen LogP contribution in [0.15, 0.2) is 10.2 Å². The maximum absolute atomic E-state index is 11.1. The summed E-state index contributed by atoms with van der Waals surface area (Å²) in [6.45, 7) is 2.00. The molecule has 0 aromatic carbocycles. The van der Waals surface area contributed by atoms with Crippen molar-refractivity contribution in [3.8, 4) is 0 Å². The van der Waals surface area contributed by atoms with Gasteiger partial charge in [0.25, 0.3) is 9.26 Å². The van der Waals surface area contributed by atoms with E-state index < -0.39 is 22.5 Å². The molecule has 0 saturated heterocycles. The van der Waals surface area contributed by atoms with E-state index in [-0.39, 0.29) is 5.04 Å². The van der Waals surface area contributed by atoms with Crippen molar-refractivity contribution in [1.29, 1.82) is 0 Å². The molecular weight excluding hydrogens is 315 g/mol. The van der Waals surface area contributed by atoms with Crippen molar-refractivity contribution in [3.05, 3.63) is 0 Å². The lowest BCUT2D eigenvalue weighted by molar-refractivity contribution is 0.628. The summed E-state index contributed by atoms with van der Waals surface area (Å²) in [6.07, 6.45) is 2.33. The first kappa shape index (κ1) is 14.4. The van der Waals surface area contributed by atoms with Gasteiger partial charge in [-0.05, 0) is 12.8 Å². The molecule has 4 nitrogen and oxygen atoms in total. The van der Waals surface area contributed by atoms with Crippen molar-refractivity contribution < 1.29 is 8.42 Å². The standard InChI is InChI=1S/C7H9Cl3N2O2S2/c1-2-3-4-5-11-12-6(7(8,9)10)15(5)16(13)14/h2-4H2,1H3. The van der Waals surface area contributed by atoms with Gasteiger partial charge in [-0.15, -0.1) is 10.2 Å². The fourth-order valence-electron chi connectivity index (χ4n) is 1.06. The summed E-state index contributed by atoms with van der Waals surface area (Å²) in [4.78, 5) is 0. The Morgan fingerprint density at radius 3 is 2.38 bits per heavy atom. The Balaban J connectivity index is 3.05. The van der Waals surface area contributed by atoms with Crippen molar-refractivity contribution in [3.63, 3.8) is 0 Å². The van der Waals surface area contributed by atoms with Crippen molar-refractivity contribution >= 4 is 63.6 Å². The maximum Gasteiger partial charge on any atom is 0.252 e. The number of halogens is 3. The van der Waals surface area contributed by atoms with Gasteiger partial charge >= 0.3 is 0 Å². The number of hydrogen-bond acceptors (Lipinski definition) is 4. The molecule has 1 atom stereocenters. The van der Waals surface area contributed by atoms with Crippen LogP contribution in [0, 0.1) is 0 Å². The quantitative estimate of drug-likeness (QED) is 0.750. The summed E-state index contributed by atoms with van der Waals surface area (Å²) in [5, 5.41) is 7.92. The number of unbranched alkanes of at least 4 members (excludes halogenated alkanes) is 1. The second kappa shape index (κ2) is 5.82. The monoisotopic (exact) mass is 322 g/mol. The minimum Gasteiger partial charge on any atom is -0.177 e. The lowest BCUT2D eigenvalue weighted by Crippen LogP contribution is -2.25. The van der Waals surface area contributed by atoms with Crippen LogP contribution in [-0.2, 0) is 18.7 Å². The summed E-state index contributed by atoms with van der Waals surface area (Å²) in [5.41, 5.74) is 0. The summed E-state index contributed by atoms with van der Waals surface area (Å²) in [5.74, 6) is 0. The van der Waals surface area contributed by atoms with Gasteiger partial charge < -0.3 is 0 Å². The van der Waals surface area contributed by atoms with Crippen LogP contribution in [0.5, 0.6) is 0 Å². The highest BCUT2D eigenvalue weighted by molar-refractivity contribution is 8.49. The largest absolute Gasteiger partial charge is 0.252 e. The fourth-order valence-corrected chi connectivity index (χ4v) is 5.24. The SMILES string of the molecule is CCCCC1=NN=C(C(Cl)(Cl)Cl)S1=S(=O)=O. The number of nitrogens with zero attached hydrogens (tertiary/aromatic N) is 2. The Hall–Kier alpha value is 0.380. The van der Waals surface area contributed by atoms with Gasteiger partial charge in [-0.25, -0.2) is 0 Å². The Morgan fingerprint density at radius 2 is 1.94 bits per heavy atom. The van der Waals surface area contributed by atoms with E-state index in [0.29, 0.717) is 11.5 Å². The number of alkyl halides is 3. The van der Waals surface area contributed by atoms with E-state index in [0.717, 1.165) is 12.8 Å². The lowest BCUT2D eigenvalue weighted by atomic mass is 10.3.